The van der Waals surface area contributed by atoms with Crippen LogP contribution in [0.25, 0.3) is 0 Å². The van der Waals surface area contributed by atoms with Crippen molar-refractivity contribution in [3.8, 4) is 0 Å². The van der Waals surface area contributed by atoms with Gasteiger partial charge in [0.15, 0.2) is 0 Å². The highest BCUT2D eigenvalue weighted by atomic mass is 79.9. The Morgan fingerprint density at radius 3 is 2.09 bits per heavy atom. The number of benzene rings is 1. The van der Waals surface area contributed by atoms with Gasteiger partial charge in [-0.1, -0.05) is 31.9 Å². The predicted molar refractivity (Wildman–Crippen MR) is 54.6 cm³/mol. The Kier molecular flexibility index (Phi) is 3.55. The Labute approximate surface area is 83.2 Å². The minimum absolute atomic E-state index is 0.697. The highest BCUT2D eigenvalue weighted by Gasteiger charge is 1.95. The van der Waals surface area contributed by atoms with Crippen molar-refractivity contribution in [2.75, 3.05) is 6.54 Å². The third-order valence-electron chi connectivity index (χ3n) is 1.36. The summed E-state index contributed by atoms with van der Waals surface area (Å²) in [6.45, 7) is 0.697. The maximum absolute atomic E-state index is 5.43. The minimum Gasteiger partial charge on any atom is -0.330 e. The van der Waals surface area contributed by atoms with Gasteiger partial charge in [-0.15, -0.1) is 0 Å². The highest BCUT2D eigenvalue weighted by Crippen LogP contribution is 2.19. The number of nitrogens with two attached hydrogens (primary N) is 1. The van der Waals surface area contributed by atoms with Crippen LogP contribution in [0, 0.1) is 0 Å². The highest BCUT2D eigenvalue weighted by molar-refractivity contribution is 9.11. The molecule has 0 unspecified atom stereocenters. The lowest BCUT2D eigenvalue weighted by molar-refractivity contribution is 0.967. The average Bonchev–Trinajstić information content (AvgIpc) is 1.85. The number of hydrogen-bond donors (Lipinski definition) is 1. The van der Waals surface area contributed by atoms with Crippen LogP contribution in [0.15, 0.2) is 27.1 Å². The second-order valence-electron chi connectivity index (χ2n) is 2.32. The van der Waals surface area contributed by atoms with Crippen LogP contribution in [0.4, 0.5) is 0 Å². The largest absolute Gasteiger partial charge is 0.330 e. The second kappa shape index (κ2) is 4.24. The fourth-order valence-electron chi connectivity index (χ4n) is 0.922. The summed E-state index contributed by atoms with van der Waals surface area (Å²) in [5, 5.41) is 0. The van der Waals surface area contributed by atoms with Crippen LogP contribution in [0.5, 0.6) is 0 Å². The molecule has 0 aliphatic carbocycles. The lowest BCUT2D eigenvalue weighted by Crippen LogP contribution is -2.02. The Morgan fingerprint density at radius 1 is 1.09 bits per heavy atom. The zero-order valence-corrected chi connectivity index (χ0v) is 9.15. The molecule has 1 rings (SSSR count). The van der Waals surface area contributed by atoms with E-state index in [9.17, 15) is 0 Å². The number of halogens is 2. The molecular weight excluding hydrogens is 270 g/mol. The Hall–Kier alpha value is 0.140. The fourth-order valence-corrected chi connectivity index (χ4v) is 2.31. The van der Waals surface area contributed by atoms with Gasteiger partial charge in [0.1, 0.15) is 0 Å². The molecule has 1 aromatic carbocycles. The normalized spacial score (nSPS) is 10.1. The van der Waals surface area contributed by atoms with E-state index in [1.54, 1.807) is 0 Å². The summed E-state index contributed by atoms with van der Waals surface area (Å²) in [4.78, 5) is 0. The molecule has 0 aliphatic rings. The van der Waals surface area contributed by atoms with Crippen molar-refractivity contribution < 1.29 is 0 Å². The summed E-state index contributed by atoms with van der Waals surface area (Å²) < 4.78 is 2.19. The molecule has 0 aliphatic heterocycles. The van der Waals surface area contributed by atoms with Crippen LogP contribution < -0.4 is 5.73 Å². The van der Waals surface area contributed by atoms with Crippen molar-refractivity contribution in [2.45, 2.75) is 6.42 Å². The van der Waals surface area contributed by atoms with E-state index in [0.717, 1.165) is 15.4 Å². The molecule has 0 saturated heterocycles. The molecule has 11 heavy (non-hydrogen) atoms. The van der Waals surface area contributed by atoms with Gasteiger partial charge < -0.3 is 5.73 Å². The molecule has 0 bridgehead atoms. The maximum atomic E-state index is 5.43. The summed E-state index contributed by atoms with van der Waals surface area (Å²) >= 11 is 6.82. The molecule has 0 amide bonds. The van der Waals surface area contributed by atoms with Gasteiger partial charge in [0.25, 0.3) is 0 Å². The van der Waals surface area contributed by atoms with Crippen LogP contribution in [-0.2, 0) is 6.42 Å². The monoisotopic (exact) mass is 277 g/mol. The predicted octanol–water partition coefficient (Wildman–Crippen LogP) is 2.71. The van der Waals surface area contributed by atoms with Crippen molar-refractivity contribution in [1.29, 1.82) is 0 Å². The Morgan fingerprint density at radius 2 is 1.64 bits per heavy atom. The molecular formula is C8H9Br2N. The Bertz CT molecular complexity index is 228. The van der Waals surface area contributed by atoms with E-state index in [-0.39, 0.29) is 0 Å². The molecule has 0 saturated carbocycles. The summed E-state index contributed by atoms with van der Waals surface area (Å²) in [5.41, 5.74) is 6.69. The van der Waals surface area contributed by atoms with Gasteiger partial charge in [-0.3, -0.25) is 0 Å². The molecule has 1 nitrogen and oxygen atoms in total. The molecule has 60 valence electrons. The van der Waals surface area contributed by atoms with Crippen molar-refractivity contribution in [3.63, 3.8) is 0 Å². The third-order valence-corrected chi connectivity index (χ3v) is 2.27. The zero-order chi connectivity index (χ0) is 8.27. The van der Waals surface area contributed by atoms with Crippen LogP contribution in [0.2, 0.25) is 0 Å². The first-order valence-corrected chi connectivity index (χ1v) is 4.96. The molecule has 0 aromatic heterocycles. The van der Waals surface area contributed by atoms with Crippen molar-refractivity contribution in [1.82, 2.24) is 0 Å². The number of hydrogen-bond acceptors (Lipinski definition) is 1. The first-order valence-electron chi connectivity index (χ1n) is 3.37. The van der Waals surface area contributed by atoms with Gasteiger partial charge in [-0.05, 0) is 36.7 Å². The van der Waals surface area contributed by atoms with E-state index < -0.39 is 0 Å². The molecule has 0 spiro atoms. The maximum Gasteiger partial charge on any atom is 0.0189 e. The van der Waals surface area contributed by atoms with E-state index in [1.807, 2.05) is 6.07 Å². The first kappa shape index (κ1) is 9.23. The summed E-state index contributed by atoms with van der Waals surface area (Å²) in [5.74, 6) is 0. The van der Waals surface area contributed by atoms with Gasteiger partial charge in [0.2, 0.25) is 0 Å². The molecule has 0 fully saturated rings. The first-order chi connectivity index (χ1) is 5.22. The smallest absolute Gasteiger partial charge is 0.0189 e. The molecule has 3 heteroatoms. The van der Waals surface area contributed by atoms with E-state index in [0.29, 0.717) is 6.54 Å². The average molecular weight is 279 g/mol. The molecule has 0 heterocycles. The van der Waals surface area contributed by atoms with Crippen LogP contribution in [0.1, 0.15) is 5.56 Å². The second-order valence-corrected chi connectivity index (χ2v) is 4.15. The summed E-state index contributed by atoms with van der Waals surface area (Å²) in [6, 6.07) is 6.18. The SMILES string of the molecule is NCCc1cc(Br)cc(Br)c1. The number of rotatable bonds is 2. The van der Waals surface area contributed by atoms with E-state index in [1.165, 1.54) is 5.56 Å². The van der Waals surface area contributed by atoms with Gasteiger partial charge in [0, 0.05) is 8.95 Å². The minimum atomic E-state index is 0.697. The summed E-state index contributed by atoms with van der Waals surface area (Å²) in [6.07, 6.45) is 0.929. The molecule has 1 aromatic rings. The van der Waals surface area contributed by atoms with Gasteiger partial charge >= 0.3 is 0 Å². The van der Waals surface area contributed by atoms with E-state index in [2.05, 4.69) is 44.0 Å². The summed E-state index contributed by atoms with van der Waals surface area (Å²) in [7, 11) is 0. The van der Waals surface area contributed by atoms with Crippen molar-refractivity contribution in [3.05, 3.63) is 32.7 Å². The quantitative estimate of drug-likeness (QED) is 0.885. The van der Waals surface area contributed by atoms with Crippen molar-refractivity contribution in [2.24, 2.45) is 5.73 Å². The van der Waals surface area contributed by atoms with Crippen molar-refractivity contribution >= 4 is 31.9 Å². The lowest BCUT2D eigenvalue weighted by atomic mass is 10.2. The van der Waals surface area contributed by atoms with Crippen LogP contribution >= 0.6 is 31.9 Å². The standard InChI is InChI=1S/C8H9Br2N/c9-7-3-6(1-2-11)4-8(10)5-7/h3-5H,1-2,11H2. The van der Waals surface area contributed by atoms with Crippen LogP contribution in [-0.4, -0.2) is 6.54 Å². The third kappa shape index (κ3) is 2.93. The van der Waals surface area contributed by atoms with Gasteiger partial charge in [-0.25, -0.2) is 0 Å². The molecule has 2 N–H and O–H groups in total. The topological polar surface area (TPSA) is 26.0 Å². The van der Waals surface area contributed by atoms with Gasteiger partial charge in [0.05, 0.1) is 0 Å². The Balaban J connectivity index is 2.89. The fraction of sp³-hybridized carbons (Fsp3) is 0.250. The van der Waals surface area contributed by atoms with E-state index >= 15 is 0 Å². The lowest BCUT2D eigenvalue weighted by Gasteiger charge is -2.00. The molecule has 0 radical (unpaired) electrons. The zero-order valence-electron chi connectivity index (χ0n) is 5.98. The van der Waals surface area contributed by atoms with E-state index in [4.69, 9.17) is 5.73 Å². The molecule has 0 atom stereocenters. The van der Waals surface area contributed by atoms with Gasteiger partial charge in [-0.2, -0.15) is 0 Å². The van der Waals surface area contributed by atoms with Crippen LogP contribution in [0.3, 0.4) is 0 Å².